The zero-order valence-corrected chi connectivity index (χ0v) is 19.8. The number of benzene rings is 3. The van der Waals surface area contributed by atoms with Crippen molar-refractivity contribution in [3.63, 3.8) is 0 Å². The zero-order valence-electron chi connectivity index (χ0n) is 19.8. The van der Waals surface area contributed by atoms with Crippen molar-refractivity contribution in [2.24, 2.45) is 0 Å². The third-order valence-corrected chi connectivity index (χ3v) is 6.17. The van der Waals surface area contributed by atoms with Crippen molar-refractivity contribution in [2.45, 2.75) is 51.9 Å². The van der Waals surface area contributed by atoms with Crippen LogP contribution in [-0.2, 0) is 20.6 Å². The molecule has 0 aliphatic carbocycles. The van der Waals surface area contributed by atoms with Gasteiger partial charge in [-0.3, -0.25) is 0 Å². The van der Waals surface area contributed by atoms with E-state index in [9.17, 15) is 9.59 Å². The summed E-state index contributed by atoms with van der Waals surface area (Å²) in [5, 5.41) is 0. The van der Waals surface area contributed by atoms with Crippen LogP contribution in [-0.4, -0.2) is 30.8 Å². The van der Waals surface area contributed by atoms with Crippen LogP contribution in [0.5, 0.6) is 0 Å². The molecule has 0 bridgehead atoms. The average molecular weight is 459 g/mol. The minimum absolute atomic E-state index is 0.00208. The molecule has 0 unspecified atom stereocenters. The van der Waals surface area contributed by atoms with Crippen LogP contribution in [0.3, 0.4) is 0 Å². The van der Waals surface area contributed by atoms with E-state index in [0.29, 0.717) is 17.5 Å². The van der Waals surface area contributed by atoms with Crippen molar-refractivity contribution in [2.75, 3.05) is 6.61 Å². The highest BCUT2D eigenvalue weighted by Crippen LogP contribution is 2.35. The molecule has 34 heavy (non-hydrogen) atoms. The molecular weight excluding hydrogens is 428 g/mol. The molecule has 176 valence electrons. The van der Waals surface area contributed by atoms with Gasteiger partial charge >= 0.3 is 11.9 Å². The van der Waals surface area contributed by atoms with Gasteiger partial charge in [0.25, 0.3) is 0 Å². The molecule has 3 aromatic rings. The molecule has 3 aromatic carbocycles. The Labute approximate surface area is 200 Å². The topological polar surface area (TPSA) is 61.8 Å². The van der Waals surface area contributed by atoms with Crippen molar-refractivity contribution in [3.8, 4) is 0 Å². The second kappa shape index (κ2) is 10.7. The fourth-order valence-electron chi connectivity index (χ4n) is 4.00. The van der Waals surface area contributed by atoms with E-state index in [1.165, 1.54) is 5.56 Å². The average Bonchev–Trinajstić information content (AvgIpc) is 3.25. The molecule has 1 saturated heterocycles. The van der Waals surface area contributed by atoms with Crippen LogP contribution in [0.25, 0.3) is 0 Å². The second-order valence-corrected chi connectivity index (χ2v) is 8.77. The van der Waals surface area contributed by atoms with Crippen LogP contribution in [0.1, 0.15) is 62.4 Å². The molecule has 3 atom stereocenters. The molecule has 0 aromatic heterocycles. The van der Waals surface area contributed by atoms with Gasteiger partial charge in [-0.05, 0) is 55.7 Å². The molecule has 1 fully saturated rings. The number of rotatable bonds is 7. The van der Waals surface area contributed by atoms with Gasteiger partial charge < -0.3 is 14.2 Å². The number of hydrogen-bond acceptors (Lipinski definition) is 5. The van der Waals surface area contributed by atoms with Gasteiger partial charge in [0, 0.05) is 6.42 Å². The molecular formula is C29H30O5. The van der Waals surface area contributed by atoms with Crippen LogP contribution >= 0.6 is 0 Å². The molecule has 5 nitrogen and oxygen atoms in total. The molecule has 1 aliphatic rings. The lowest BCUT2D eigenvalue weighted by Gasteiger charge is -2.19. The number of carbonyl (C=O) groups is 2. The van der Waals surface area contributed by atoms with E-state index in [1.807, 2.05) is 50.2 Å². The highest BCUT2D eigenvalue weighted by molar-refractivity contribution is 5.90. The number of ether oxygens (including phenoxy) is 3. The lowest BCUT2D eigenvalue weighted by Crippen LogP contribution is -2.32. The Hall–Kier alpha value is -3.44. The number of esters is 2. The third-order valence-electron chi connectivity index (χ3n) is 6.17. The van der Waals surface area contributed by atoms with Crippen LogP contribution in [0, 0.1) is 13.8 Å². The summed E-state index contributed by atoms with van der Waals surface area (Å²) in [5.41, 5.74) is 5.35. The Morgan fingerprint density at radius 3 is 1.94 bits per heavy atom. The maximum atomic E-state index is 12.8. The first kappa shape index (κ1) is 23.7. The van der Waals surface area contributed by atoms with Gasteiger partial charge in [0.05, 0.1) is 17.2 Å². The number of hydrogen-bond donors (Lipinski definition) is 0. The largest absolute Gasteiger partial charge is 0.459 e. The maximum Gasteiger partial charge on any atom is 0.338 e. The smallest absolute Gasteiger partial charge is 0.338 e. The fraction of sp³-hybridized carbons (Fsp3) is 0.310. The van der Waals surface area contributed by atoms with E-state index in [-0.39, 0.29) is 12.7 Å². The van der Waals surface area contributed by atoms with Gasteiger partial charge in [-0.2, -0.15) is 0 Å². The quantitative estimate of drug-likeness (QED) is 0.420. The molecule has 1 heterocycles. The predicted molar refractivity (Wildman–Crippen MR) is 130 cm³/mol. The van der Waals surface area contributed by atoms with E-state index in [1.54, 1.807) is 24.3 Å². The Morgan fingerprint density at radius 2 is 1.38 bits per heavy atom. The molecule has 1 aliphatic heterocycles. The van der Waals surface area contributed by atoms with Crippen LogP contribution in [0.2, 0.25) is 0 Å². The predicted octanol–water partition coefficient (Wildman–Crippen LogP) is 5.78. The van der Waals surface area contributed by atoms with E-state index < -0.39 is 24.1 Å². The highest BCUT2D eigenvalue weighted by Gasteiger charge is 2.39. The monoisotopic (exact) mass is 458 g/mol. The van der Waals surface area contributed by atoms with Gasteiger partial charge in [0.15, 0.2) is 0 Å². The molecule has 0 radical (unpaired) electrons. The first-order valence-corrected chi connectivity index (χ1v) is 11.7. The van der Waals surface area contributed by atoms with Gasteiger partial charge in [-0.25, -0.2) is 9.59 Å². The summed E-state index contributed by atoms with van der Waals surface area (Å²) in [5.74, 6) is -0.839. The van der Waals surface area contributed by atoms with E-state index in [4.69, 9.17) is 14.2 Å². The Bertz CT molecular complexity index is 1120. The van der Waals surface area contributed by atoms with Crippen LogP contribution < -0.4 is 0 Å². The summed E-state index contributed by atoms with van der Waals surface area (Å²) in [7, 11) is 0. The minimum atomic E-state index is -0.556. The Balaban J connectivity index is 1.47. The van der Waals surface area contributed by atoms with Gasteiger partial charge in [0.1, 0.15) is 18.8 Å². The number of carbonyl (C=O) groups excluding carboxylic acids is 2. The van der Waals surface area contributed by atoms with Crippen LogP contribution in [0.4, 0.5) is 0 Å². The second-order valence-electron chi connectivity index (χ2n) is 8.77. The first-order chi connectivity index (χ1) is 16.4. The van der Waals surface area contributed by atoms with Crippen LogP contribution in [0.15, 0.2) is 72.8 Å². The standard InChI is InChI=1S/C29H30O5/c1-4-21-9-15-22(16-10-21)25-17-26(34-29(31)24-13-7-20(3)8-14-24)27(33-25)18-32-28(30)23-11-5-19(2)6-12-23/h5-16,25-27H,4,17-18H2,1-3H3/t25-,26+,27-/m1/s1. The summed E-state index contributed by atoms with van der Waals surface area (Å²) in [4.78, 5) is 25.3. The van der Waals surface area contributed by atoms with Gasteiger partial charge in [-0.1, -0.05) is 66.6 Å². The SMILES string of the molecule is CCc1ccc([C@H]2C[C@H](OC(=O)c3ccc(C)cc3)[C@@H](COC(=O)c3ccc(C)cc3)O2)cc1. The molecule has 0 amide bonds. The van der Waals surface area contributed by atoms with Gasteiger partial charge in [0.2, 0.25) is 0 Å². The molecule has 4 rings (SSSR count). The summed E-state index contributed by atoms with van der Waals surface area (Å²) < 4.78 is 17.6. The molecule has 0 N–H and O–H groups in total. The van der Waals surface area contributed by atoms with E-state index in [0.717, 1.165) is 23.1 Å². The van der Waals surface area contributed by atoms with Crippen molar-refractivity contribution in [3.05, 3.63) is 106 Å². The Kier molecular flexibility index (Phi) is 7.43. The summed E-state index contributed by atoms with van der Waals surface area (Å²) in [6.45, 7) is 6.04. The third kappa shape index (κ3) is 5.72. The summed E-state index contributed by atoms with van der Waals surface area (Å²) >= 11 is 0. The van der Waals surface area contributed by atoms with Crippen molar-refractivity contribution in [1.82, 2.24) is 0 Å². The minimum Gasteiger partial charge on any atom is -0.459 e. The van der Waals surface area contributed by atoms with Crippen molar-refractivity contribution >= 4 is 11.9 Å². The van der Waals surface area contributed by atoms with E-state index >= 15 is 0 Å². The summed E-state index contributed by atoms with van der Waals surface area (Å²) in [6.07, 6.45) is 0.121. The highest BCUT2D eigenvalue weighted by atomic mass is 16.6. The summed E-state index contributed by atoms with van der Waals surface area (Å²) in [6, 6.07) is 22.7. The lowest BCUT2D eigenvalue weighted by molar-refractivity contribution is -0.0427. The molecule has 5 heteroatoms. The van der Waals surface area contributed by atoms with Gasteiger partial charge in [-0.15, -0.1) is 0 Å². The first-order valence-electron chi connectivity index (χ1n) is 11.7. The fourth-order valence-corrected chi connectivity index (χ4v) is 4.00. The van der Waals surface area contributed by atoms with E-state index in [2.05, 4.69) is 19.1 Å². The zero-order chi connectivity index (χ0) is 24.1. The van der Waals surface area contributed by atoms with Crippen molar-refractivity contribution < 1.29 is 23.8 Å². The van der Waals surface area contributed by atoms with Crippen molar-refractivity contribution in [1.29, 1.82) is 0 Å². The number of aryl methyl sites for hydroxylation is 3. The molecule has 0 spiro atoms. The normalized spacial score (nSPS) is 19.6. The lowest BCUT2D eigenvalue weighted by atomic mass is 10.0. The molecule has 0 saturated carbocycles. The maximum absolute atomic E-state index is 12.8. The Morgan fingerprint density at radius 1 is 0.824 bits per heavy atom.